The van der Waals surface area contributed by atoms with Gasteiger partial charge >= 0.3 is 12.1 Å². The number of rotatable bonds is 1. The lowest BCUT2D eigenvalue weighted by molar-refractivity contribution is -0.218. The van der Waals surface area contributed by atoms with Gasteiger partial charge in [-0.05, 0) is 6.92 Å². The number of halogens is 3. The third-order valence-corrected chi connectivity index (χ3v) is 2.14. The number of esters is 1. The number of carbonyl (C=O) groups excluding carboxylic acids is 2. The number of alkyl halides is 3. The first-order valence-corrected chi connectivity index (χ1v) is 3.57. The number of hydrogen-bond donors (Lipinski definition) is 0. The van der Waals surface area contributed by atoms with E-state index in [1.54, 1.807) is 0 Å². The SMILES string of the molecule is CC(=O)C1(C(F)(F)F)CCOC1=O. The molecule has 1 unspecified atom stereocenters. The summed E-state index contributed by atoms with van der Waals surface area (Å²) in [6.07, 6.45) is -5.46. The fourth-order valence-corrected chi connectivity index (χ4v) is 1.30. The number of ketones is 1. The molecule has 6 heteroatoms. The summed E-state index contributed by atoms with van der Waals surface area (Å²) in [5, 5.41) is 0. The van der Waals surface area contributed by atoms with Crippen LogP contribution in [0.4, 0.5) is 13.2 Å². The standard InChI is InChI=1S/C7H7F3O3/c1-4(11)6(7(8,9)10)2-3-13-5(6)12/h2-3H2,1H3. The first-order valence-electron chi connectivity index (χ1n) is 3.57. The highest BCUT2D eigenvalue weighted by Crippen LogP contribution is 2.46. The van der Waals surface area contributed by atoms with Gasteiger partial charge in [-0.25, -0.2) is 0 Å². The predicted molar refractivity (Wildman–Crippen MR) is 34.7 cm³/mol. The molecule has 0 bridgehead atoms. The van der Waals surface area contributed by atoms with Gasteiger partial charge in [-0.15, -0.1) is 0 Å². The Morgan fingerprint density at radius 1 is 1.54 bits per heavy atom. The minimum Gasteiger partial charge on any atom is -0.465 e. The van der Waals surface area contributed by atoms with Crippen molar-refractivity contribution in [3.05, 3.63) is 0 Å². The lowest BCUT2D eigenvalue weighted by Crippen LogP contribution is -2.47. The number of cyclic esters (lactones) is 1. The Morgan fingerprint density at radius 3 is 2.23 bits per heavy atom. The average molecular weight is 196 g/mol. The Bertz CT molecular complexity index is 258. The van der Waals surface area contributed by atoms with Crippen LogP contribution in [0.25, 0.3) is 0 Å². The van der Waals surface area contributed by atoms with Gasteiger partial charge in [0, 0.05) is 6.42 Å². The van der Waals surface area contributed by atoms with Crippen molar-refractivity contribution in [2.24, 2.45) is 5.41 Å². The zero-order valence-electron chi connectivity index (χ0n) is 6.77. The highest BCUT2D eigenvalue weighted by molar-refractivity contribution is 6.04. The Balaban J connectivity index is 3.16. The van der Waals surface area contributed by atoms with E-state index in [1.807, 2.05) is 0 Å². The van der Waals surface area contributed by atoms with Gasteiger partial charge < -0.3 is 4.74 Å². The van der Waals surface area contributed by atoms with Gasteiger partial charge in [0.05, 0.1) is 6.61 Å². The van der Waals surface area contributed by atoms with Gasteiger partial charge in [-0.1, -0.05) is 0 Å². The van der Waals surface area contributed by atoms with Gasteiger partial charge in [0.25, 0.3) is 0 Å². The zero-order chi connectivity index (χ0) is 10.3. The summed E-state index contributed by atoms with van der Waals surface area (Å²) >= 11 is 0. The van der Waals surface area contributed by atoms with Crippen molar-refractivity contribution < 1.29 is 27.5 Å². The Kier molecular flexibility index (Phi) is 2.09. The van der Waals surface area contributed by atoms with E-state index in [9.17, 15) is 22.8 Å². The molecule has 1 atom stereocenters. The second-order valence-electron chi connectivity index (χ2n) is 2.85. The van der Waals surface area contributed by atoms with Crippen molar-refractivity contribution in [1.82, 2.24) is 0 Å². The van der Waals surface area contributed by atoms with Crippen LogP contribution in [0.1, 0.15) is 13.3 Å². The highest BCUT2D eigenvalue weighted by Gasteiger charge is 2.67. The smallest absolute Gasteiger partial charge is 0.411 e. The molecule has 1 fully saturated rings. The Hall–Kier alpha value is -1.07. The molecule has 0 saturated carbocycles. The third-order valence-electron chi connectivity index (χ3n) is 2.14. The minimum atomic E-state index is -4.85. The van der Waals surface area contributed by atoms with E-state index in [-0.39, 0.29) is 6.61 Å². The van der Waals surface area contributed by atoms with Crippen molar-refractivity contribution in [3.8, 4) is 0 Å². The molecule has 3 nitrogen and oxygen atoms in total. The quantitative estimate of drug-likeness (QED) is 0.465. The van der Waals surface area contributed by atoms with E-state index in [0.29, 0.717) is 0 Å². The van der Waals surface area contributed by atoms with Crippen LogP contribution in [-0.2, 0) is 14.3 Å². The number of Topliss-reactive ketones (excluding diaryl/α,β-unsaturated/α-hetero) is 1. The molecule has 0 amide bonds. The van der Waals surface area contributed by atoms with Gasteiger partial charge in [0.15, 0.2) is 5.78 Å². The second kappa shape index (κ2) is 2.71. The number of carbonyl (C=O) groups is 2. The molecule has 1 rings (SSSR count). The summed E-state index contributed by atoms with van der Waals surface area (Å²) in [6.45, 7) is 0.401. The minimum absolute atomic E-state index is 0.349. The maximum absolute atomic E-state index is 12.4. The second-order valence-corrected chi connectivity index (χ2v) is 2.85. The van der Waals surface area contributed by atoms with E-state index in [4.69, 9.17) is 0 Å². The third kappa shape index (κ3) is 1.20. The first-order chi connectivity index (χ1) is 5.82. The maximum atomic E-state index is 12.4. The Morgan fingerprint density at radius 2 is 2.08 bits per heavy atom. The van der Waals surface area contributed by atoms with Crippen molar-refractivity contribution >= 4 is 11.8 Å². The van der Waals surface area contributed by atoms with E-state index in [2.05, 4.69) is 4.74 Å². The normalized spacial score (nSPS) is 28.8. The first kappa shape index (κ1) is 10.0. The van der Waals surface area contributed by atoms with Crippen LogP contribution in [0.3, 0.4) is 0 Å². The van der Waals surface area contributed by atoms with Crippen LogP contribution >= 0.6 is 0 Å². The molecule has 13 heavy (non-hydrogen) atoms. The molecule has 0 aromatic rings. The van der Waals surface area contributed by atoms with Gasteiger partial charge in [0.1, 0.15) is 0 Å². The largest absolute Gasteiger partial charge is 0.465 e. The lowest BCUT2D eigenvalue weighted by Gasteiger charge is -2.23. The van der Waals surface area contributed by atoms with Crippen molar-refractivity contribution in [3.63, 3.8) is 0 Å². The number of hydrogen-bond acceptors (Lipinski definition) is 3. The average Bonchev–Trinajstić information content (AvgIpc) is 2.29. The molecule has 0 N–H and O–H groups in total. The summed E-state index contributed by atoms with van der Waals surface area (Å²) < 4.78 is 41.4. The molecule has 1 aliphatic heterocycles. The summed E-state index contributed by atoms with van der Waals surface area (Å²) in [6, 6.07) is 0. The fraction of sp³-hybridized carbons (Fsp3) is 0.714. The summed E-state index contributed by atoms with van der Waals surface area (Å²) in [4.78, 5) is 21.6. The monoisotopic (exact) mass is 196 g/mol. The van der Waals surface area contributed by atoms with Crippen molar-refractivity contribution in [2.75, 3.05) is 6.61 Å². The van der Waals surface area contributed by atoms with Crippen molar-refractivity contribution in [2.45, 2.75) is 19.5 Å². The van der Waals surface area contributed by atoms with E-state index in [1.165, 1.54) is 0 Å². The predicted octanol–water partition coefficient (Wildman–Crippen LogP) is 1.07. The molecule has 0 aromatic heterocycles. The highest BCUT2D eigenvalue weighted by atomic mass is 19.4. The molecular formula is C7H7F3O3. The molecule has 74 valence electrons. The molecule has 0 aliphatic carbocycles. The summed E-state index contributed by atoms with van der Waals surface area (Å²) in [7, 11) is 0. The molecule has 0 radical (unpaired) electrons. The lowest BCUT2D eigenvalue weighted by atomic mass is 9.82. The van der Waals surface area contributed by atoms with Crippen LogP contribution in [0.2, 0.25) is 0 Å². The van der Waals surface area contributed by atoms with Crippen LogP contribution in [0.5, 0.6) is 0 Å². The van der Waals surface area contributed by atoms with E-state index >= 15 is 0 Å². The molecule has 0 aromatic carbocycles. The zero-order valence-corrected chi connectivity index (χ0v) is 6.77. The fourth-order valence-electron chi connectivity index (χ4n) is 1.30. The van der Waals surface area contributed by atoms with Crippen molar-refractivity contribution in [1.29, 1.82) is 0 Å². The topological polar surface area (TPSA) is 43.4 Å². The molecule has 1 aliphatic rings. The number of ether oxygens (including phenoxy) is 1. The molecule has 1 heterocycles. The van der Waals surface area contributed by atoms with Gasteiger partial charge in [-0.2, -0.15) is 13.2 Å². The Labute approximate surface area is 71.9 Å². The van der Waals surface area contributed by atoms with E-state index in [0.717, 1.165) is 6.92 Å². The van der Waals surface area contributed by atoms with E-state index < -0.39 is 29.8 Å². The summed E-state index contributed by atoms with van der Waals surface area (Å²) in [5.41, 5.74) is -2.91. The maximum Gasteiger partial charge on any atom is 0.411 e. The van der Waals surface area contributed by atoms with Gasteiger partial charge in [0.2, 0.25) is 5.41 Å². The van der Waals surface area contributed by atoms with Crippen LogP contribution in [0, 0.1) is 5.41 Å². The van der Waals surface area contributed by atoms with Crippen LogP contribution in [-0.4, -0.2) is 24.5 Å². The molecular weight excluding hydrogens is 189 g/mol. The van der Waals surface area contributed by atoms with Crippen LogP contribution < -0.4 is 0 Å². The molecule has 1 saturated heterocycles. The van der Waals surface area contributed by atoms with Crippen LogP contribution in [0.15, 0.2) is 0 Å². The van der Waals surface area contributed by atoms with Gasteiger partial charge in [-0.3, -0.25) is 9.59 Å². The molecule has 0 spiro atoms. The summed E-state index contributed by atoms with van der Waals surface area (Å²) in [5.74, 6) is -2.69.